The van der Waals surface area contributed by atoms with Crippen molar-refractivity contribution < 1.29 is 14.0 Å². The Kier molecular flexibility index (Phi) is 7.80. The van der Waals surface area contributed by atoms with Gasteiger partial charge in [0.1, 0.15) is 11.9 Å². The minimum Gasteiger partial charge on any atom is -0.350 e. The number of halogens is 2. The summed E-state index contributed by atoms with van der Waals surface area (Å²) in [6, 6.07) is 12.4. The van der Waals surface area contributed by atoms with Crippen molar-refractivity contribution in [3.8, 4) is 0 Å². The molecule has 2 amide bonds. The summed E-state index contributed by atoms with van der Waals surface area (Å²) in [5.41, 5.74) is 1.16. The first-order valence-corrected chi connectivity index (χ1v) is 10.1. The number of rotatable bonds is 7. The van der Waals surface area contributed by atoms with E-state index in [1.54, 1.807) is 41.3 Å². The van der Waals surface area contributed by atoms with Gasteiger partial charge in [-0.05, 0) is 62.6 Å². The Morgan fingerprint density at radius 1 is 1.03 bits per heavy atom. The summed E-state index contributed by atoms with van der Waals surface area (Å²) in [5, 5.41) is 3.56. The van der Waals surface area contributed by atoms with Gasteiger partial charge in [-0.15, -0.1) is 0 Å². The smallest absolute Gasteiger partial charge is 0.243 e. The number of benzene rings is 2. The fourth-order valence-corrected chi connectivity index (χ4v) is 3.16. The molecule has 2 aromatic carbocycles. The van der Waals surface area contributed by atoms with E-state index in [4.69, 9.17) is 11.6 Å². The van der Waals surface area contributed by atoms with E-state index in [0.29, 0.717) is 11.4 Å². The van der Waals surface area contributed by atoms with E-state index < -0.39 is 11.6 Å². The number of hydrogen-bond acceptors (Lipinski definition) is 2. The monoisotopic (exact) mass is 418 g/mol. The summed E-state index contributed by atoms with van der Waals surface area (Å²) in [6.07, 6.45) is 0.618. The zero-order valence-corrected chi connectivity index (χ0v) is 18.1. The van der Waals surface area contributed by atoms with E-state index in [1.165, 1.54) is 12.1 Å². The molecule has 0 saturated heterocycles. The maximum Gasteiger partial charge on any atom is 0.243 e. The molecule has 0 fully saturated rings. The van der Waals surface area contributed by atoms with Crippen LogP contribution in [0.2, 0.25) is 5.02 Å². The molecule has 2 rings (SSSR count). The van der Waals surface area contributed by atoms with Crippen molar-refractivity contribution in [3.05, 3.63) is 70.5 Å². The molecule has 0 unspecified atom stereocenters. The molecule has 1 N–H and O–H groups in total. The van der Waals surface area contributed by atoms with Crippen LogP contribution < -0.4 is 5.32 Å². The first-order valence-electron chi connectivity index (χ1n) is 9.69. The van der Waals surface area contributed by atoms with Gasteiger partial charge in [-0.2, -0.15) is 0 Å². The molecule has 0 aliphatic heterocycles. The van der Waals surface area contributed by atoms with Crippen LogP contribution in [0, 0.1) is 5.82 Å². The van der Waals surface area contributed by atoms with Crippen LogP contribution in [0.15, 0.2) is 48.5 Å². The average Bonchev–Trinajstić information content (AvgIpc) is 2.63. The number of amides is 2. The van der Waals surface area contributed by atoms with Crippen LogP contribution in [-0.4, -0.2) is 28.3 Å². The number of nitrogens with zero attached hydrogens (tertiary/aromatic N) is 1. The second-order valence-electron chi connectivity index (χ2n) is 8.11. The Morgan fingerprint density at radius 3 is 2.10 bits per heavy atom. The van der Waals surface area contributed by atoms with Gasteiger partial charge in [0.05, 0.1) is 6.42 Å². The van der Waals surface area contributed by atoms with Crippen molar-refractivity contribution in [2.24, 2.45) is 0 Å². The predicted molar refractivity (Wildman–Crippen MR) is 114 cm³/mol. The van der Waals surface area contributed by atoms with Crippen LogP contribution >= 0.6 is 11.6 Å². The lowest BCUT2D eigenvalue weighted by atomic mass is 10.0. The summed E-state index contributed by atoms with van der Waals surface area (Å²) in [6.45, 7) is 7.80. The maximum absolute atomic E-state index is 13.3. The Labute approximate surface area is 177 Å². The van der Waals surface area contributed by atoms with Crippen LogP contribution in [0.5, 0.6) is 0 Å². The van der Waals surface area contributed by atoms with Gasteiger partial charge in [0.2, 0.25) is 11.8 Å². The number of hydrogen-bond donors (Lipinski definition) is 1. The zero-order valence-electron chi connectivity index (χ0n) is 17.3. The topological polar surface area (TPSA) is 49.4 Å². The highest BCUT2D eigenvalue weighted by atomic mass is 35.5. The highest BCUT2D eigenvalue weighted by molar-refractivity contribution is 6.30. The summed E-state index contributed by atoms with van der Waals surface area (Å²) < 4.78 is 13.3. The summed E-state index contributed by atoms with van der Waals surface area (Å²) in [4.78, 5) is 27.6. The number of carbonyl (C=O) groups excluding carboxylic acids is 2. The number of nitrogens with one attached hydrogen (secondary N) is 1. The van der Waals surface area contributed by atoms with Crippen molar-refractivity contribution >= 4 is 23.4 Å². The minimum absolute atomic E-state index is 0.150. The molecule has 29 heavy (non-hydrogen) atoms. The predicted octanol–water partition coefficient (Wildman–Crippen LogP) is 4.74. The average molecular weight is 419 g/mol. The second-order valence-corrected chi connectivity index (χ2v) is 8.55. The molecule has 0 radical (unpaired) electrons. The SMILES string of the molecule is CC[C@@H](C(=O)NC(C)(C)C)N(Cc1ccc(F)cc1)C(=O)Cc1ccc(Cl)cc1. The quantitative estimate of drug-likeness (QED) is 0.705. The van der Waals surface area contributed by atoms with Crippen LogP contribution in [0.25, 0.3) is 0 Å². The van der Waals surface area contributed by atoms with Gasteiger partial charge in [0.15, 0.2) is 0 Å². The third-order valence-corrected chi connectivity index (χ3v) is 4.67. The van der Waals surface area contributed by atoms with Gasteiger partial charge in [-0.1, -0.05) is 42.8 Å². The molecule has 0 saturated carbocycles. The fourth-order valence-electron chi connectivity index (χ4n) is 3.04. The Morgan fingerprint density at radius 2 is 1.59 bits per heavy atom. The Balaban J connectivity index is 2.29. The molecule has 0 aliphatic rings. The minimum atomic E-state index is -0.626. The molecule has 0 heterocycles. The fraction of sp³-hybridized carbons (Fsp3) is 0.391. The van der Waals surface area contributed by atoms with E-state index in [1.807, 2.05) is 27.7 Å². The zero-order chi connectivity index (χ0) is 21.6. The van der Waals surface area contributed by atoms with Gasteiger partial charge < -0.3 is 10.2 Å². The standard InChI is InChI=1S/C23H28ClFN2O2/c1-5-20(22(29)26-23(2,3)4)27(15-17-8-12-19(25)13-9-17)21(28)14-16-6-10-18(24)11-7-16/h6-13,20H,5,14-15H2,1-4H3,(H,26,29)/t20-/m0/s1. The van der Waals surface area contributed by atoms with Gasteiger partial charge in [-0.3, -0.25) is 9.59 Å². The van der Waals surface area contributed by atoms with Gasteiger partial charge in [0.25, 0.3) is 0 Å². The molecule has 0 aliphatic carbocycles. The molecular formula is C23H28ClFN2O2. The van der Waals surface area contributed by atoms with E-state index in [0.717, 1.165) is 11.1 Å². The van der Waals surface area contributed by atoms with Gasteiger partial charge in [0, 0.05) is 17.1 Å². The van der Waals surface area contributed by atoms with Gasteiger partial charge in [-0.25, -0.2) is 4.39 Å². The van der Waals surface area contributed by atoms with Crippen molar-refractivity contribution in [1.29, 1.82) is 0 Å². The summed E-state index contributed by atoms with van der Waals surface area (Å²) in [5.74, 6) is -0.718. The molecule has 4 nitrogen and oxygen atoms in total. The third kappa shape index (κ3) is 7.17. The molecule has 1 atom stereocenters. The van der Waals surface area contributed by atoms with E-state index >= 15 is 0 Å². The normalized spacial score (nSPS) is 12.3. The van der Waals surface area contributed by atoms with Gasteiger partial charge >= 0.3 is 0 Å². The first-order chi connectivity index (χ1) is 13.6. The second kappa shape index (κ2) is 9.88. The van der Waals surface area contributed by atoms with E-state index in [2.05, 4.69) is 5.32 Å². The lowest BCUT2D eigenvalue weighted by Gasteiger charge is -2.33. The largest absolute Gasteiger partial charge is 0.350 e. The van der Waals surface area contributed by atoms with Crippen molar-refractivity contribution in [2.45, 2.75) is 58.7 Å². The first kappa shape index (κ1) is 22.9. The molecule has 6 heteroatoms. The summed E-state index contributed by atoms with van der Waals surface area (Å²) in [7, 11) is 0. The van der Waals surface area contributed by atoms with Crippen molar-refractivity contribution in [1.82, 2.24) is 10.2 Å². The highest BCUT2D eigenvalue weighted by Crippen LogP contribution is 2.17. The Bertz CT molecular complexity index is 829. The highest BCUT2D eigenvalue weighted by Gasteiger charge is 2.30. The lowest BCUT2D eigenvalue weighted by molar-refractivity contribution is -0.141. The lowest BCUT2D eigenvalue weighted by Crippen LogP contribution is -2.53. The maximum atomic E-state index is 13.3. The van der Waals surface area contributed by atoms with Crippen LogP contribution in [0.4, 0.5) is 4.39 Å². The number of carbonyl (C=O) groups is 2. The molecule has 0 aromatic heterocycles. The summed E-state index contributed by atoms with van der Waals surface area (Å²) >= 11 is 5.93. The third-order valence-electron chi connectivity index (χ3n) is 4.42. The molecule has 0 bridgehead atoms. The van der Waals surface area contributed by atoms with Crippen molar-refractivity contribution in [3.63, 3.8) is 0 Å². The molecule has 156 valence electrons. The van der Waals surface area contributed by atoms with Crippen molar-refractivity contribution in [2.75, 3.05) is 0 Å². The molecule has 0 spiro atoms. The van der Waals surface area contributed by atoms with Crippen LogP contribution in [0.1, 0.15) is 45.2 Å². The van der Waals surface area contributed by atoms with E-state index in [9.17, 15) is 14.0 Å². The van der Waals surface area contributed by atoms with E-state index in [-0.39, 0.29) is 30.6 Å². The van der Waals surface area contributed by atoms with Crippen LogP contribution in [-0.2, 0) is 22.6 Å². The molecule has 2 aromatic rings. The Hall–Kier alpha value is -2.40. The molecular weight excluding hydrogens is 391 g/mol. The van der Waals surface area contributed by atoms with Crippen LogP contribution in [0.3, 0.4) is 0 Å².